The van der Waals surface area contributed by atoms with Gasteiger partial charge in [0.25, 0.3) is 0 Å². The molecule has 3 nitrogen and oxygen atoms in total. The molecule has 2 aromatic rings. The fraction of sp³-hybridized carbons (Fsp3) is 0.357. The molecule has 0 atom stereocenters. The summed E-state index contributed by atoms with van der Waals surface area (Å²) in [4.78, 5) is 12.0. The molecule has 0 aliphatic heterocycles. The maximum Gasteiger partial charge on any atom is 0.198 e. The molecule has 0 spiro atoms. The minimum absolute atomic E-state index is 0.0327. The van der Waals surface area contributed by atoms with Gasteiger partial charge in [-0.05, 0) is 29.7 Å². The van der Waals surface area contributed by atoms with Gasteiger partial charge in [0.15, 0.2) is 11.5 Å². The van der Waals surface area contributed by atoms with Crippen molar-refractivity contribution in [2.45, 2.75) is 27.2 Å². The number of carbonyl (C=O) groups is 1. The second-order valence-corrected chi connectivity index (χ2v) is 5.57. The van der Waals surface area contributed by atoms with Gasteiger partial charge in [0, 0.05) is 17.5 Å². The average molecular weight is 231 g/mol. The van der Waals surface area contributed by atoms with Gasteiger partial charge in [0.2, 0.25) is 0 Å². The van der Waals surface area contributed by atoms with Crippen LogP contribution < -0.4 is 5.73 Å². The Kier molecular flexibility index (Phi) is 2.69. The molecule has 1 aromatic carbocycles. The van der Waals surface area contributed by atoms with Crippen molar-refractivity contribution in [1.82, 2.24) is 0 Å². The lowest BCUT2D eigenvalue weighted by Crippen LogP contribution is -2.12. The number of furan rings is 1. The SMILES string of the molecule is CC(C)(C)CC(=O)c1cc2cc(N)ccc2o1. The summed E-state index contributed by atoms with van der Waals surface area (Å²) in [5.74, 6) is 0.452. The van der Waals surface area contributed by atoms with Crippen molar-refractivity contribution in [1.29, 1.82) is 0 Å². The highest BCUT2D eigenvalue weighted by Gasteiger charge is 2.20. The highest BCUT2D eigenvalue weighted by Crippen LogP contribution is 2.26. The molecule has 0 radical (unpaired) electrons. The van der Waals surface area contributed by atoms with E-state index in [2.05, 4.69) is 0 Å². The van der Waals surface area contributed by atoms with Gasteiger partial charge >= 0.3 is 0 Å². The molecule has 0 fully saturated rings. The topological polar surface area (TPSA) is 56.2 Å². The summed E-state index contributed by atoms with van der Waals surface area (Å²) >= 11 is 0. The molecule has 1 aromatic heterocycles. The zero-order chi connectivity index (χ0) is 12.6. The number of carbonyl (C=O) groups excluding carboxylic acids is 1. The van der Waals surface area contributed by atoms with Crippen molar-refractivity contribution < 1.29 is 9.21 Å². The summed E-state index contributed by atoms with van der Waals surface area (Å²) in [7, 11) is 0. The molecule has 17 heavy (non-hydrogen) atoms. The second-order valence-electron chi connectivity index (χ2n) is 5.57. The average Bonchev–Trinajstić information content (AvgIpc) is 2.57. The molecule has 0 unspecified atom stereocenters. The summed E-state index contributed by atoms with van der Waals surface area (Å²) in [6.45, 7) is 6.10. The standard InChI is InChI=1S/C14H17NO2/c1-14(2,3)8-11(16)13-7-9-6-10(15)4-5-12(9)17-13/h4-7H,8,15H2,1-3H3. The number of hydrogen-bond acceptors (Lipinski definition) is 3. The van der Waals surface area contributed by atoms with E-state index in [0.29, 0.717) is 23.5 Å². The molecule has 0 aliphatic rings. The van der Waals surface area contributed by atoms with Crippen LogP contribution in [0, 0.1) is 5.41 Å². The highest BCUT2D eigenvalue weighted by molar-refractivity contribution is 5.98. The highest BCUT2D eigenvalue weighted by atomic mass is 16.3. The van der Waals surface area contributed by atoms with E-state index >= 15 is 0 Å². The number of nitrogens with two attached hydrogens (primary N) is 1. The van der Waals surface area contributed by atoms with E-state index in [4.69, 9.17) is 10.2 Å². The molecule has 1 heterocycles. The van der Waals surface area contributed by atoms with E-state index in [-0.39, 0.29) is 11.2 Å². The zero-order valence-electron chi connectivity index (χ0n) is 10.4. The molecule has 0 bridgehead atoms. The van der Waals surface area contributed by atoms with E-state index in [0.717, 1.165) is 5.39 Å². The zero-order valence-corrected chi connectivity index (χ0v) is 10.4. The number of hydrogen-bond donors (Lipinski definition) is 1. The fourth-order valence-electron chi connectivity index (χ4n) is 1.77. The first-order chi connectivity index (χ1) is 7.85. The van der Waals surface area contributed by atoms with Crippen molar-refractivity contribution in [3.05, 3.63) is 30.0 Å². The van der Waals surface area contributed by atoms with Gasteiger partial charge in [0.1, 0.15) is 5.58 Å². The maximum atomic E-state index is 12.0. The quantitative estimate of drug-likeness (QED) is 0.634. The van der Waals surface area contributed by atoms with Crippen LogP contribution in [0.4, 0.5) is 5.69 Å². The van der Waals surface area contributed by atoms with Gasteiger partial charge in [-0.25, -0.2) is 0 Å². The largest absolute Gasteiger partial charge is 0.453 e. The van der Waals surface area contributed by atoms with Crippen molar-refractivity contribution >= 4 is 22.4 Å². The lowest BCUT2D eigenvalue weighted by molar-refractivity contribution is 0.0914. The molecular weight excluding hydrogens is 214 g/mol. The van der Waals surface area contributed by atoms with Gasteiger partial charge in [-0.15, -0.1) is 0 Å². The van der Waals surface area contributed by atoms with Crippen molar-refractivity contribution in [3.63, 3.8) is 0 Å². The predicted octanol–water partition coefficient (Wildman–Crippen LogP) is 3.63. The summed E-state index contributed by atoms with van der Waals surface area (Å²) in [5.41, 5.74) is 7.03. The van der Waals surface area contributed by atoms with E-state index in [1.807, 2.05) is 26.8 Å². The van der Waals surface area contributed by atoms with Crippen LogP contribution in [0.5, 0.6) is 0 Å². The first-order valence-electron chi connectivity index (χ1n) is 5.67. The molecule has 0 amide bonds. The first kappa shape index (κ1) is 11.7. The van der Waals surface area contributed by atoms with Crippen LogP contribution in [0.3, 0.4) is 0 Å². The van der Waals surface area contributed by atoms with Gasteiger partial charge in [-0.1, -0.05) is 20.8 Å². The molecule has 0 saturated carbocycles. The third-order valence-electron chi connectivity index (χ3n) is 2.51. The third kappa shape index (κ3) is 2.67. The number of ketones is 1. The van der Waals surface area contributed by atoms with Crippen LogP contribution in [0.1, 0.15) is 37.7 Å². The predicted molar refractivity (Wildman–Crippen MR) is 69.0 cm³/mol. The Bertz CT molecular complexity index is 561. The summed E-state index contributed by atoms with van der Waals surface area (Å²) in [5, 5.41) is 0.877. The molecule has 0 saturated heterocycles. The van der Waals surface area contributed by atoms with Crippen LogP contribution in [0.25, 0.3) is 11.0 Å². The van der Waals surface area contributed by atoms with Crippen molar-refractivity contribution in [2.24, 2.45) is 5.41 Å². The minimum Gasteiger partial charge on any atom is -0.453 e. The van der Waals surface area contributed by atoms with Gasteiger partial charge in [0.05, 0.1) is 0 Å². The van der Waals surface area contributed by atoms with Gasteiger partial charge < -0.3 is 10.2 Å². The molecular formula is C14H17NO2. The Morgan fingerprint density at radius 1 is 1.29 bits per heavy atom. The lowest BCUT2D eigenvalue weighted by atomic mass is 9.89. The summed E-state index contributed by atoms with van der Waals surface area (Å²) in [6.07, 6.45) is 0.475. The van der Waals surface area contributed by atoms with Crippen LogP contribution >= 0.6 is 0 Å². The third-order valence-corrected chi connectivity index (χ3v) is 2.51. The van der Waals surface area contributed by atoms with E-state index in [1.165, 1.54) is 0 Å². The second kappa shape index (κ2) is 3.91. The van der Waals surface area contributed by atoms with Crippen LogP contribution in [-0.4, -0.2) is 5.78 Å². The molecule has 0 aliphatic carbocycles. The monoisotopic (exact) mass is 231 g/mol. The molecule has 3 heteroatoms. The van der Waals surface area contributed by atoms with Gasteiger partial charge in [-0.2, -0.15) is 0 Å². The summed E-state index contributed by atoms with van der Waals surface area (Å²) < 4.78 is 5.53. The molecule has 2 rings (SSSR count). The Labute approximate surface area is 101 Å². The van der Waals surface area contributed by atoms with Crippen molar-refractivity contribution in [2.75, 3.05) is 5.73 Å². The Balaban J connectivity index is 2.33. The Morgan fingerprint density at radius 3 is 2.65 bits per heavy atom. The van der Waals surface area contributed by atoms with Crippen molar-refractivity contribution in [3.8, 4) is 0 Å². The van der Waals surface area contributed by atoms with E-state index < -0.39 is 0 Å². The van der Waals surface area contributed by atoms with Crippen LogP contribution in [-0.2, 0) is 0 Å². The normalized spacial score (nSPS) is 11.9. The van der Waals surface area contributed by atoms with E-state index in [1.54, 1.807) is 18.2 Å². The van der Waals surface area contributed by atoms with Gasteiger partial charge in [-0.3, -0.25) is 4.79 Å². The van der Waals surface area contributed by atoms with Crippen LogP contribution in [0.15, 0.2) is 28.7 Å². The maximum absolute atomic E-state index is 12.0. The van der Waals surface area contributed by atoms with Crippen LogP contribution in [0.2, 0.25) is 0 Å². The number of nitrogen functional groups attached to an aromatic ring is 1. The Morgan fingerprint density at radius 2 is 2.00 bits per heavy atom. The Hall–Kier alpha value is -1.77. The number of anilines is 1. The molecule has 90 valence electrons. The number of benzene rings is 1. The minimum atomic E-state index is -0.0327. The number of Topliss-reactive ketones (excluding diaryl/α,β-unsaturated/α-hetero) is 1. The number of rotatable bonds is 2. The lowest BCUT2D eigenvalue weighted by Gasteiger charge is -2.15. The first-order valence-corrected chi connectivity index (χ1v) is 5.67. The molecule has 2 N–H and O–H groups in total. The number of fused-ring (bicyclic) bond motifs is 1. The smallest absolute Gasteiger partial charge is 0.198 e. The fourth-order valence-corrected chi connectivity index (χ4v) is 1.77. The van der Waals surface area contributed by atoms with E-state index in [9.17, 15) is 4.79 Å². The summed E-state index contributed by atoms with van der Waals surface area (Å²) in [6, 6.07) is 7.13.